The Morgan fingerprint density at radius 3 is 1.07 bits per heavy atom. The maximum absolute atomic E-state index is 11.8. The number of rotatable bonds is 9. The molecule has 2 aliphatic rings. The lowest BCUT2D eigenvalue weighted by Crippen LogP contribution is -2.55. The minimum atomic E-state index is -3.40. The molecule has 12 heteroatoms. The van der Waals surface area contributed by atoms with Gasteiger partial charge in [0.05, 0.1) is 0 Å². The van der Waals surface area contributed by atoms with E-state index in [9.17, 15) is 33.7 Å². The normalized spacial score (nSPS) is 29.0. The predicted octanol–water partition coefficient (Wildman–Crippen LogP) is 2.17. The first-order valence-corrected chi connectivity index (χ1v) is 16.3. The molecule has 0 aromatic carbocycles. The molecule has 8 nitrogen and oxygen atoms in total. The molecule has 2 aliphatic heterocycles. The summed E-state index contributed by atoms with van der Waals surface area (Å²) in [6, 6.07) is 0. The second-order valence-corrected chi connectivity index (χ2v) is 17.6. The van der Waals surface area contributed by atoms with E-state index in [2.05, 4.69) is 0 Å². The number of hydrogen-bond acceptors (Lipinski definition) is 8. The monoisotopic (exact) mass is 480 g/mol. The van der Waals surface area contributed by atoms with Gasteiger partial charge in [0.1, 0.15) is 0 Å². The minimum absolute atomic E-state index is 0.265. The minimum Gasteiger partial charge on any atom is -0.226 e. The topological polar surface area (TPSA) is 137 Å². The molecule has 0 spiro atoms. The van der Waals surface area contributed by atoms with Crippen molar-refractivity contribution < 1.29 is 33.7 Å². The molecule has 0 unspecified atom stereocenters. The zero-order chi connectivity index (χ0) is 21.8. The van der Waals surface area contributed by atoms with Gasteiger partial charge in [-0.3, -0.25) is 0 Å². The van der Waals surface area contributed by atoms with Crippen LogP contribution in [0.3, 0.4) is 0 Å². The van der Waals surface area contributed by atoms with Gasteiger partial charge in [-0.25, -0.2) is 33.7 Å². The van der Waals surface area contributed by atoms with Crippen molar-refractivity contribution in [3.63, 3.8) is 0 Å². The van der Waals surface area contributed by atoms with E-state index < -0.39 is 58.2 Å². The summed E-state index contributed by atoms with van der Waals surface area (Å²) in [4.78, 5) is 0. The highest BCUT2D eigenvalue weighted by atomic mass is 32.3. The van der Waals surface area contributed by atoms with Gasteiger partial charge in [0.25, 0.3) is 0 Å². The van der Waals surface area contributed by atoms with E-state index in [1.165, 1.54) is 0 Å². The van der Waals surface area contributed by atoms with Crippen LogP contribution in [0.25, 0.3) is 0 Å². The third-order valence-corrected chi connectivity index (χ3v) is 18.5. The fraction of sp³-hybridized carbons (Fsp3) is 1.00. The quantitative estimate of drug-likeness (QED) is 0.489. The third-order valence-electron chi connectivity index (χ3n) is 4.98. The van der Waals surface area contributed by atoms with Gasteiger partial charge >= 0.3 is 0 Å². The van der Waals surface area contributed by atoms with Gasteiger partial charge in [0.2, 0.25) is 0 Å². The molecule has 0 atom stereocenters. The van der Waals surface area contributed by atoms with Gasteiger partial charge in [-0.1, -0.05) is 59.3 Å². The average molecular weight is 481 g/mol. The van der Waals surface area contributed by atoms with Crippen molar-refractivity contribution in [2.75, 3.05) is 5.08 Å². The standard InChI is InChI=1S/C10H20O4S2.C6H12O4S2/c1-3-5-7-9-15(11,12)10(8-6-4-2)16(9,13)14;1-2-3-4-6-11(7,8)5-12(6,9)10/h9-10H,3-8H2,1-2H3;6H,2-5H2,1H3. The molecule has 0 aliphatic carbocycles. The lowest BCUT2D eigenvalue weighted by atomic mass is 10.3. The van der Waals surface area contributed by atoms with E-state index in [1.807, 2.05) is 20.8 Å². The van der Waals surface area contributed by atoms with Crippen molar-refractivity contribution in [1.29, 1.82) is 0 Å². The first-order chi connectivity index (χ1) is 12.8. The van der Waals surface area contributed by atoms with Crippen LogP contribution in [0.5, 0.6) is 0 Å². The molecule has 168 valence electrons. The summed E-state index contributed by atoms with van der Waals surface area (Å²) < 4.78 is 87.7. The zero-order valence-electron chi connectivity index (χ0n) is 16.7. The predicted molar refractivity (Wildman–Crippen MR) is 110 cm³/mol. The molecule has 0 bridgehead atoms. The summed E-state index contributed by atoms with van der Waals surface area (Å²) in [6.07, 6.45) is 5.23. The molecule has 2 saturated heterocycles. The molecule has 0 aromatic heterocycles. The van der Waals surface area contributed by atoms with Crippen LogP contribution in [0.15, 0.2) is 0 Å². The summed E-state index contributed by atoms with van der Waals surface area (Å²) in [6.45, 7) is 5.75. The summed E-state index contributed by atoms with van der Waals surface area (Å²) in [5.41, 5.74) is 0. The Morgan fingerprint density at radius 2 is 0.821 bits per heavy atom. The highest BCUT2D eigenvalue weighted by Crippen LogP contribution is 2.39. The van der Waals surface area contributed by atoms with Gasteiger partial charge < -0.3 is 0 Å². The second kappa shape index (κ2) is 9.74. The van der Waals surface area contributed by atoms with Crippen molar-refractivity contribution in [2.45, 2.75) is 92.3 Å². The Morgan fingerprint density at radius 1 is 0.536 bits per heavy atom. The Bertz CT molecular complexity index is 837. The van der Waals surface area contributed by atoms with E-state index >= 15 is 0 Å². The van der Waals surface area contributed by atoms with E-state index in [0.29, 0.717) is 19.3 Å². The second-order valence-electron chi connectivity index (χ2n) is 7.34. The van der Waals surface area contributed by atoms with Crippen LogP contribution in [0.2, 0.25) is 0 Å². The Balaban J connectivity index is 0.000000292. The van der Waals surface area contributed by atoms with Gasteiger partial charge in [-0.15, -0.1) is 0 Å². The maximum atomic E-state index is 11.8. The van der Waals surface area contributed by atoms with Gasteiger partial charge in [-0.05, 0) is 19.3 Å². The molecule has 0 amide bonds. The third kappa shape index (κ3) is 5.48. The van der Waals surface area contributed by atoms with Crippen LogP contribution in [-0.2, 0) is 39.3 Å². The van der Waals surface area contributed by atoms with Crippen LogP contribution in [0.1, 0.15) is 78.6 Å². The fourth-order valence-corrected chi connectivity index (χ4v) is 15.0. The van der Waals surface area contributed by atoms with Crippen LogP contribution >= 0.6 is 0 Å². The molecule has 2 fully saturated rings. The van der Waals surface area contributed by atoms with Gasteiger partial charge in [-0.2, -0.15) is 0 Å². The SMILES string of the molecule is CCCCC1S(=O)(=O)C(CCCC)S1(=O)=O.CCCCC1S(=O)(=O)CS1(=O)=O. The smallest absolute Gasteiger partial charge is 0.184 e. The summed E-state index contributed by atoms with van der Waals surface area (Å²) in [5, 5.41) is -0.644. The number of sulfone groups is 4. The molecule has 0 radical (unpaired) electrons. The van der Waals surface area contributed by atoms with Crippen LogP contribution in [0.4, 0.5) is 0 Å². The number of hydrogen-bond donors (Lipinski definition) is 0. The van der Waals surface area contributed by atoms with Crippen molar-refractivity contribution in [3.05, 3.63) is 0 Å². The molecule has 0 aromatic rings. The van der Waals surface area contributed by atoms with Crippen LogP contribution in [0, 0.1) is 0 Å². The molecule has 28 heavy (non-hydrogen) atoms. The van der Waals surface area contributed by atoms with Crippen molar-refractivity contribution >= 4 is 39.3 Å². The van der Waals surface area contributed by atoms with Gasteiger partial charge in [0, 0.05) is 0 Å². The van der Waals surface area contributed by atoms with E-state index in [-0.39, 0.29) is 19.3 Å². The van der Waals surface area contributed by atoms with E-state index in [0.717, 1.165) is 19.3 Å². The van der Waals surface area contributed by atoms with E-state index in [4.69, 9.17) is 0 Å². The fourth-order valence-electron chi connectivity index (χ4n) is 3.32. The first-order valence-electron chi connectivity index (χ1n) is 9.67. The van der Waals surface area contributed by atoms with Crippen molar-refractivity contribution in [1.82, 2.24) is 0 Å². The van der Waals surface area contributed by atoms with Crippen LogP contribution in [-0.4, -0.2) is 52.5 Å². The summed E-state index contributed by atoms with van der Waals surface area (Å²) in [5.74, 6) is 0. The zero-order valence-corrected chi connectivity index (χ0v) is 20.0. The Hall–Kier alpha value is -0.200. The highest BCUT2D eigenvalue weighted by Gasteiger charge is 2.59. The van der Waals surface area contributed by atoms with Crippen molar-refractivity contribution in [3.8, 4) is 0 Å². The summed E-state index contributed by atoms with van der Waals surface area (Å²) >= 11 is 0. The maximum Gasteiger partial charge on any atom is 0.184 e. The van der Waals surface area contributed by atoms with Crippen molar-refractivity contribution in [2.24, 2.45) is 0 Å². The van der Waals surface area contributed by atoms with Gasteiger partial charge in [0.15, 0.2) is 58.2 Å². The van der Waals surface area contributed by atoms with E-state index in [1.54, 1.807) is 0 Å². The highest BCUT2D eigenvalue weighted by molar-refractivity contribution is 8.25. The number of unbranched alkanes of at least 4 members (excludes halogenated alkanes) is 3. The largest absolute Gasteiger partial charge is 0.226 e. The molecule has 0 N–H and O–H groups in total. The molecule has 2 heterocycles. The summed E-state index contributed by atoms with van der Waals surface area (Å²) in [7, 11) is -13.4. The lowest BCUT2D eigenvalue weighted by Gasteiger charge is -2.35. The molecule has 0 saturated carbocycles. The Kier molecular flexibility index (Phi) is 8.99. The van der Waals surface area contributed by atoms with Crippen LogP contribution < -0.4 is 0 Å². The first kappa shape index (κ1) is 25.8. The average Bonchev–Trinajstić information content (AvgIpc) is 2.53. The molecule has 2 rings (SSSR count). The lowest BCUT2D eigenvalue weighted by molar-refractivity contribution is 0.526. The Labute approximate surface area is 170 Å². The molecular formula is C16H32O8S4. The molecular weight excluding hydrogens is 448 g/mol.